The fourth-order valence-corrected chi connectivity index (χ4v) is 2.26. The predicted octanol–water partition coefficient (Wildman–Crippen LogP) is 3.53. The highest BCUT2D eigenvalue weighted by atomic mass is 35.5. The number of aryl methyl sites for hydroxylation is 1. The molecule has 2 aromatic rings. The molecular weight excluding hydrogens is 220 g/mol. The van der Waals surface area contributed by atoms with Gasteiger partial charge in [-0.1, -0.05) is 0 Å². The summed E-state index contributed by atoms with van der Waals surface area (Å²) in [6.07, 6.45) is 1.42. The molecule has 2 heterocycles. The number of halogens is 1. The monoisotopic (exact) mass is 226 g/mol. The molecule has 0 unspecified atom stereocenters. The van der Waals surface area contributed by atoms with Crippen LogP contribution in [0.1, 0.15) is 20.8 Å². The van der Waals surface area contributed by atoms with E-state index < -0.39 is 0 Å². The van der Waals surface area contributed by atoms with E-state index in [1.54, 1.807) is 6.07 Å². The van der Waals surface area contributed by atoms with Crippen LogP contribution in [0.25, 0.3) is 0 Å². The van der Waals surface area contributed by atoms with E-state index in [2.05, 4.69) is 0 Å². The summed E-state index contributed by atoms with van der Waals surface area (Å²) in [5.41, 5.74) is 1.40. The quantitative estimate of drug-likeness (QED) is 0.734. The van der Waals surface area contributed by atoms with Crippen molar-refractivity contribution in [2.75, 3.05) is 0 Å². The van der Waals surface area contributed by atoms with Crippen LogP contribution in [0.4, 0.5) is 0 Å². The molecule has 14 heavy (non-hydrogen) atoms. The second kappa shape index (κ2) is 3.59. The molecule has 0 atom stereocenters. The smallest absolute Gasteiger partial charge is 0.208 e. The second-order valence-electron chi connectivity index (χ2n) is 2.87. The van der Waals surface area contributed by atoms with E-state index in [-0.39, 0.29) is 11.0 Å². The first-order valence-corrected chi connectivity index (χ1v) is 5.27. The molecule has 0 bridgehead atoms. The van der Waals surface area contributed by atoms with E-state index in [0.717, 1.165) is 5.56 Å². The van der Waals surface area contributed by atoms with Crippen molar-refractivity contribution in [3.8, 4) is 0 Å². The Kier molecular flexibility index (Phi) is 2.44. The van der Waals surface area contributed by atoms with Crippen LogP contribution in [0.2, 0.25) is 5.22 Å². The van der Waals surface area contributed by atoms with Crippen molar-refractivity contribution in [1.82, 2.24) is 0 Å². The summed E-state index contributed by atoms with van der Waals surface area (Å²) in [4.78, 5) is 12.6. The molecule has 0 amide bonds. The van der Waals surface area contributed by atoms with Gasteiger partial charge < -0.3 is 4.42 Å². The number of hydrogen-bond donors (Lipinski definition) is 0. The normalized spacial score (nSPS) is 10.4. The first kappa shape index (κ1) is 9.49. The summed E-state index contributed by atoms with van der Waals surface area (Å²) < 4.78 is 4.87. The molecule has 4 heteroatoms. The fourth-order valence-electron chi connectivity index (χ4n) is 1.18. The number of rotatable bonds is 2. The Labute approximate surface area is 90.1 Å². The minimum absolute atomic E-state index is 0.0729. The average molecular weight is 227 g/mol. The van der Waals surface area contributed by atoms with E-state index in [0.29, 0.717) is 10.4 Å². The molecule has 0 aliphatic carbocycles. The molecular formula is C10H7ClO2S. The fraction of sp³-hybridized carbons (Fsp3) is 0.100. The maximum Gasteiger partial charge on any atom is 0.208 e. The highest BCUT2D eigenvalue weighted by Crippen LogP contribution is 2.24. The Morgan fingerprint density at radius 2 is 2.29 bits per heavy atom. The third-order valence-electron chi connectivity index (χ3n) is 1.93. The van der Waals surface area contributed by atoms with Gasteiger partial charge in [-0.05, 0) is 41.6 Å². The lowest BCUT2D eigenvalue weighted by Crippen LogP contribution is -1.98. The van der Waals surface area contributed by atoms with Gasteiger partial charge in [0.25, 0.3) is 0 Å². The van der Waals surface area contributed by atoms with Crippen LogP contribution in [-0.4, -0.2) is 5.78 Å². The van der Waals surface area contributed by atoms with E-state index in [9.17, 15) is 4.79 Å². The standard InChI is InChI=1S/C10H7ClO2S/c1-6-3-5-14-9(6)8(12)7-2-4-13-10(7)11/h2-5H,1H3. The van der Waals surface area contributed by atoms with Crippen LogP contribution < -0.4 is 0 Å². The Hall–Kier alpha value is -1.06. The van der Waals surface area contributed by atoms with Crippen LogP contribution in [-0.2, 0) is 0 Å². The Balaban J connectivity index is 2.44. The van der Waals surface area contributed by atoms with Crippen LogP contribution >= 0.6 is 22.9 Å². The molecule has 0 aliphatic heterocycles. The van der Waals surface area contributed by atoms with Gasteiger partial charge in [0, 0.05) is 0 Å². The molecule has 0 N–H and O–H groups in total. The summed E-state index contributed by atoms with van der Waals surface area (Å²) in [6, 6.07) is 3.50. The lowest BCUT2D eigenvalue weighted by atomic mass is 10.1. The number of carbonyl (C=O) groups excluding carboxylic acids is 1. The molecule has 0 saturated carbocycles. The molecule has 72 valence electrons. The highest BCUT2D eigenvalue weighted by Gasteiger charge is 2.17. The Morgan fingerprint density at radius 1 is 1.50 bits per heavy atom. The van der Waals surface area contributed by atoms with Crippen molar-refractivity contribution in [3.05, 3.63) is 45.0 Å². The van der Waals surface area contributed by atoms with Crippen LogP contribution in [0.15, 0.2) is 28.2 Å². The maximum absolute atomic E-state index is 11.9. The van der Waals surface area contributed by atoms with Gasteiger partial charge in [0.15, 0.2) is 0 Å². The van der Waals surface area contributed by atoms with Crippen molar-refractivity contribution in [2.24, 2.45) is 0 Å². The molecule has 0 fully saturated rings. The summed E-state index contributed by atoms with van der Waals surface area (Å²) in [5, 5.41) is 2.04. The average Bonchev–Trinajstić information content (AvgIpc) is 2.73. The minimum Gasteiger partial charge on any atom is -0.452 e. The topological polar surface area (TPSA) is 30.2 Å². The molecule has 2 nitrogen and oxygen atoms in total. The van der Waals surface area contributed by atoms with Gasteiger partial charge in [-0.3, -0.25) is 4.79 Å². The van der Waals surface area contributed by atoms with Crippen molar-refractivity contribution in [2.45, 2.75) is 6.92 Å². The summed E-state index contributed by atoms with van der Waals surface area (Å²) in [6.45, 7) is 1.90. The Bertz CT molecular complexity index is 428. The van der Waals surface area contributed by atoms with Gasteiger partial charge in [-0.2, -0.15) is 0 Å². The van der Waals surface area contributed by atoms with Crippen molar-refractivity contribution in [3.63, 3.8) is 0 Å². The van der Waals surface area contributed by atoms with E-state index in [1.165, 1.54) is 17.6 Å². The van der Waals surface area contributed by atoms with Crippen molar-refractivity contribution in [1.29, 1.82) is 0 Å². The van der Waals surface area contributed by atoms with E-state index in [1.807, 2.05) is 18.4 Å². The number of furan rings is 1. The van der Waals surface area contributed by atoms with Crippen LogP contribution in [0, 0.1) is 6.92 Å². The van der Waals surface area contributed by atoms with Gasteiger partial charge in [-0.25, -0.2) is 0 Å². The molecule has 0 aromatic carbocycles. The van der Waals surface area contributed by atoms with Crippen LogP contribution in [0.5, 0.6) is 0 Å². The molecule has 2 aromatic heterocycles. The molecule has 0 aliphatic rings. The lowest BCUT2D eigenvalue weighted by molar-refractivity contribution is 0.104. The summed E-state index contributed by atoms with van der Waals surface area (Å²) in [5.74, 6) is -0.0729. The van der Waals surface area contributed by atoms with Gasteiger partial charge in [0.2, 0.25) is 11.0 Å². The van der Waals surface area contributed by atoms with Gasteiger partial charge in [-0.15, -0.1) is 11.3 Å². The first-order chi connectivity index (χ1) is 6.70. The number of carbonyl (C=O) groups is 1. The molecule has 0 saturated heterocycles. The van der Waals surface area contributed by atoms with Gasteiger partial charge >= 0.3 is 0 Å². The lowest BCUT2D eigenvalue weighted by Gasteiger charge is -1.95. The molecule has 2 rings (SSSR count). The third-order valence-corrected chi connectivity index (χ3v) is 3.24. The zero-order chi connectivity index (χ0) is 10.1. The van der Waals surface area contributed by atoms with Crippen molar-refractivity contribution >= 4 is 28.7 Å². The number of hydrogen-bond acceptors (Lipinski definition) is 3. The zero-order valence-corrected chi connectivity index (χ0v) is 8.98. The molecule has 0 radical (unpaired) electrons. The largest absolute Gasteiger partial charge is 0.452 e. The molecule has 0 spiro atoms. The van der Waals surface area contributed by atoms with E-state index in [4.69, 9.17) is 16.0 Å². The zero-order valence-electron chi connectivity index (χ0n) is 7.41. The van der Waals surface area contributed by atoms with Gasteiger partial charge in [0.05, 0.1) is 16.7 Å². The van der Waals surface area contributed by atoms with Crippen LogP contribution in [0.3, 0.4) is 0 Å². The first-order valence-electron chi connectivity index (χ1n) is 4.02. The summed E-state index contributed by atoms with van der Waals surface area (Å²) >= 11 is 7.14. The maximum atomic E-state index is 11.9. The predicted molar refractivity (Wildman–Crippen MR) is 56.2 cm³/mol. The van der Waals surface area contributed by atoms with Gasteiger partial charge in [0.1, 0.15) is 0 Å². The number of ketones is 1. The highest BCUT2D eigenvalue weighted by molar-refractivity contribution is 7.12. The van der Waals surface area contributed by atoms with Crippen molar-refractivity contribution < 1.29 is 9.21 Å². The summed E-state index contributed by atoms with van der Waals surface area (Å²) in [7, 11) is 0. The third kappa shape index (κ3) is 1.49. The second-order valence-corrected chi connectivity index (χ2v) is 4.13. The van der Waals surface area contributed by atoms with E-state index >= 15 is 0 Å². The SMILES string of the molecule is Cc1ccsc1C(=O)c1ccoc1Cl. The number of thiophene rings is 1. The minimum atomic E-state index is -0.0729. The Morgan fingerprint density at radius 3 is 2.79 bits per heavy atom.